The second kappa shape index (κ2) is 14.9. The summed E-state index contributed by atoms with van der Waals surface area (Å²) in [4.78, 5) is 14.3. The van der Waals surface area contributed by atoms with Gasteiger partial charge in [-0.25, -0.2) is 0 Å². The van der Waals surface area contributed by atoms with Crippen LogP contribution in [-0.4, -0.2) is 66.8 Å². The van der Waals surface area contributed by atoms with Crippen LogP contribution in [0.4, 0.5) is 0 Å². The maximum absolute atomic E-state index is 12.6. The molecular formula is C28H45NO6. The Kier molecular flexibility index (Phi) is 12.0. The highest BCUT2D eigenvalue weighted by Gasteiger charge is 2.51. The molecule has 2 aliphatic rings. The summed E-state index contributed by atoms with van der Waals surface area (Å²) in [5.41, 5.74) is 0.886. The van der Waals surface area contributed by atoms with E-state index >= 15 is 0 Å². The first kappa shape index (κ1) is 28.1. The predicted octanol–water partition coefficient (Wildman–Crippen LogP) is 4.97. The van der Waals surface area contributed by atoms with Gasteiger partial charge in [0.05, 0.1) is 6.61 Å². The van der Waals surface area contributed by atoms with Crippen molar-refractivity contribution >= 4 is 5.91 Å². The standard InChI is InChI=1S/C28H45NO6/c1-4-5-6-7-8-9-10-11-12-16-19-29(21(2)30)24-25(31)26-23(34-28(24)32-3)20-33-27(35-26)22-17-14-13-15-18-22/h13-15,17-18,23-28,31H,4-12,16,19-20H2,1-3H3/t23-,24+,25+,26-,27-,28+/m1/s1. The Balaban J connectivity index is 1.53. The molecule has 35 heavy (non-hydrogen) atoms. The highest BCUT2D eigenvalue weighted by Crippen LogP contribution is 2.36. The third-order valence-corrected chi connectivity index (χ3v) is 7.15. The third kappa shape index (κ3) is 7.99. The first-order chi connectivity index (χ1) is 17.1. The van der Waals surface area contributed by atoms with Crippen molar-refractivity contribution in [1.82, 2.24) is 4.90 Å². The average molecular weight is 492 g/mol. The zero-order chi connectivity index (χ0) is 25.0. The highest BCUT2D eigenvalue weighted by molar-refractivity contribution is 5.73. The maximum Gasteiger partial charge on any atom is 0.219 e. The Labute approximate surface area is 211 Å². The maximum atomic E-state index is 12.6. The molecule has 0 aliphatic carbocycles. The van der Waals surface area contributed by atoms with Gasteiger partial charge in [0.2, 0.25) is 5.91 Å². The summed E-state index contributed by atoms with van der Waals surface area (Å²) in [6.07, 6.45) is 8.93. The largest absolute Gasteiger partial charge is 0.388 e. The van der Waals surface area contributed by atoms with Gasteiger partial charge in [-0.3, -0.25) is 4.79 Å². The Morgan fingerprint density at radius 3 is 2.23 bits per heavy atom. The number of rotatable bonds is 14. The third-order valence-electron chi connectivity index (χ3n) is 7.15. The van der Waals surface area contributed by atoms with Crippen LogP contribution in [0.2, 0.25) is 0 Å². The number of methoxy groups -OCH3 is 1. The molecule has 1 N–H and O–H groups in total. The predicted molar refractivity (Wildman–Crippen MR) is 135 cm³/mol. The molecule has 0 aromatic heterocycles. The first-order valence-corrected chi connectivity index (χ1v) is 13.5. The van der Waals surface area contributed by atoms with Gasteiger partial charge in [-0.1, -0.05) is 95.0 Å². The minimum atomic E-state index is -0.944. The number of unbranched alkanes of at least 4 members (excludes halogenated alkanes) is 9. The Morgan fingerprint density at radius 2 is 1.63 bits per heavy atom. The minimum absolute atomic E-state index is 0.0965. The van der Waals surface area contributed by atoms with E-state index < -0.39 is 36.9 Å². The van der Waals surface area contributed by atoms with Crippen LogP contribution in [0.25, 0.3) is 0 Å². The molecule has 1 aromatic carbocycles. The van der Waals surface area contributed by atoms with Crippen molar-refractivity contribution in [1.29, 1.82) is 0 Å². The van der Waals surface area contributed by atoms with E-state index in [1.165, 1.54) is 51.4 Å². The second-order valence-electron chi connectivity index (χ2n) is 9.83. The number of amides is 1. The number of hydrogen-bond acceptors (Lipinski definition) is 6. The minimum Gasteiger partial charge on any atom is -0.388 e. The van der Waals surface area contributed by atoms with Gasteiger partial charge in [0.1, 0.15) is 24.4 Å². The van der Waals surface area contributed by atoms with Crippen molar-refractivity contribution in [3.05, 3.63) is 35.9 Å². The van der Waals surface area contributed by atoms with E-state index in [4.69, 9.17) is 18.9 Å². The lowest BCUT2D eigenvalue weighted by atomic mass is 9.94. The summed E-state index contributed by atoms with van der Waals surface area (Å²) in [5.74, 6) is -0.0965. The van der Waals surface area contributed by atoms with Crippen LogP contribution in [0.1, 0.15) is 89.9 Å². The summed E-state index contributed by atoms with van der Waals surface area (Å²) in [6.45, 7) is 4.63. The van der Waals surface area contributed by atoms with Crippen molar-refractivity contribution in [3.8, 4) is 0 Å². The van der Waals surface area contributed by atoms with Crippen LogP contribution in [0.5, 0.6) is 0 Å². The molecule has 0 radical (unpaired) electrons. The molecule has 1 aromatic rings. The average Bonchev–Trinajstić information content (AvgIpc) is 2.88. The monoisotopic (exact) mass is 491 g/mol. The number of carbonyl (C=O) groups excluding carboxylic acids is 1. The van der Waals surface area contributed by atoms with E-state index in [1.54, 1.807) is 18.9 Å². The number of ether oxygens (including phenoxy) is 4. The lowest BCUT2D eigenvalue weighted by Crippen LogP contribution is -2.67. The van der Waals surface area contributed by atoms with Crippen molar-refractivity contribution in [3.63, 3.8) is 0 Å². The zero-order valence-electron chi connectivity index (χ0n) is 21.8. The summed E-state index contributed by atoms with van der Waals surface area (Å²) in [5, 5.41) is 11.4. The van der Waals surface area contributed by atoms with Crippen molar-refractivity contribution in [2.45, 2.75) is 115 Å². The first-order valence-electron chi connectivity index (χ1n) is 13.5. The molecule has 198 valence electrons. The van der Waals surface area contributed by atoms with E-state index in [0.717, 1.165) is 18.4 Å². The fourth-order valence-corrected chi connectivity index (χ4v) is 5.17. The van der Waals surface area contributed by atoms with Crippen LogP contribution in [0, 0.1) is 0 Å². The van der Waals surface area contributed by atoms with Crippen LogP contribution in [0.15, 0.2) is 30.3 Å². The lowest BCUT2D eigenvalue weighted by Gasteiger charge is -2.50. The van der Waals surface area contributed by atoms with Crippen LogP contribution < -0.4 is 0 Å². The molecule has 2 heterocycles. The molecule has 2 saturated heterocycles. The quantitative estimate of drug-likeness (QED) is 0.370. The normalized spacial score (nSPS) is 28.5. The van der Waals surface area contributed by atoms with Crippen molar-refractivity contribution < 1.29 is 28.8 Å². The summed E-state index contributed by atoms with van der Waals surface area (Å²) in [6, 6.07) is 9.02. The van der Waals surface area contributed by atoms with Gasteiger partial charge in [-0.15, -0.1) is 0 Å². The lowest BCUT2D eigenvalue weighted by molar-refractivity contribution is -0.348. The smallest absolute Gasteiger partial charge is 0.219 e. The number of nitrogens with zero attached hydrogens (tertiary/aromatic N) is 1. The Hall–Kier alpha value is -1.51. The molecule has 1 amide bonds. The number of fused-ring (bicyclic) bond motifs is 1. The molecule has 0 unspecified atom stereocenters. The van der Waals surface area contributed by atoms with Gasteiger partial charge in [-0.2, -0.15) is 0 Å². The van der Waals surface area contributed by atoms with Gasteiger partial charge in [0, 0.05) is 26.1 Å². The fourth-order valence-electron chi connectivity index (χ4n) is 5.17. The molecule has 2 fully saturated rings. The Morgan fingerprint density at radius 1 is 1.00 bits per heavy atom. The highest BCUT2D eigenvalue weighted by atomic mass is 16.7. The fraction of sp³-hybridized carbons (Fsp3) is 0.750. The molecule has 2 aliphatic heterocycles. The topological polar surface area (TPSA) is 77.5 Å². The molecule has 0 spiro atoms. The van der Waals surface area contributed by atoms with Gasteiger partial charge < -0.3 is 29.0 Å². The molecule has 6 atom stereocenters. The number of aliphatic hydroxyl groups is 1. The summed E-state index contributed by atoms with van der Waals surface area (Å²) >= 11 is 0. The van der Waals surface area contributed by atoms with Gasteiger partial charge >= 0.3 is 0 Å². The number of benzene rings is 1. The van der Waals surface area contributed by atoms with Crippen LogP contribution >= 0.6 is 0 Å². The van der Waals surface area contributed by atoms with Crippen LogP contribution in [0.3, 0.4) is 0 Å². The molecular weight excluding hydrogens is 446 g/mol. The Bertz CT molecular complexity index is 731. The van der Waals surface area contributed by atoms with E-state index in [2.05, 4.69) is 6.92 Å². The van der Waals surface area contributed by atoms with E-state index in [9.17, 15) is 9.90 Å². The zero-order valence-corrected chi connectivity index (χ0v) is 21.8. The number of hydrogen-bond donors (Lipinski definition) is 1. The SMILES string of the molecule is CCCCCCCCCCCCN(C(C)=O)[C@@H]1[C@@H](OC)O[C@@H]2CO[C@@H](c3ccccc3)O[C@H]2[C@H]1O. The van der Waals surface area contributed by atoms with Gasteiger partial charge in [0.25, 0.3) is 0 Å². The second-order valence-corrected chi connectivity index (χ2v) is 9.83. The number of aliphatic hydroxyl groups excluding tert-OH is 1. The molecule has 0 bridgehead atoms. The molecule has 7 heteroatoms. The summed E-state index contributed by atoms with van der Waals surface area (Å²) < 4.78 is 23.7. The summed E-state index contributed by atoms with van der Waals surface area (Å²) in [7, 11) is 1.54. The van der Waals surface area contributed by atoms with Crippen molar-refractivity contribution in [2.75, 3.05) is 20.3 Å². The van der Waals surface area contributed by atoms with Crippen LogP contribution in [-0.2, 0) is 23.7 Å². The van der Waals surface area contributed by atoms with Crippen molar-refractivity contribution in [2.24, 2.45) is 0 Å². The van der Waals surface area contributed by atoms with E-state index in [-0.39, 0.29) is 12.5 Å². The van der Waals surface area contributed by atoms with Gasteiger partial charge in [0.15, 0.2) is 12.6 Å². The van der Waals surface area contributed by atoms with E-state index in [1.807, 2.05) is 30.3 Å². The molecule has 0 saturated carbocycles. The van der Waals surface area contributed by atoms with Gasteiger partial charge in [-0.05, 0) is 6.42 Å². The molecule has 7 nitrogen and oxygen atoms in total. The molecule has 3 rings (SSSR count). The van der Waals surface area contributed by atoms with E-state index in [0.29, 0.717) is 6.54 Å². The number of carbonyl (C=O) groups is 1.